The molecule has 154 valence electrons. The molecule has 0 bridgehead atoms. The van der Waals surface area contributed by atoms with Crippen molar-refractivity contribution in [3.63, 3.8) is 0 Å². The average Bonchev–Trinajstić information content (AvgIpc) is 3.22. The summed E-state index contributed by atoms with van der Waals surface area (Å²) in [5, 5.41) is 10.5. The predicted octanol–water partition coefficient (Wildman–Crippen LogP) is 1.71. The van der Waals surface area contributed by atoms with E-state index in [1.54, 1.807) is 18.2 Å². The van der Waals surface area contributed by atoms with Crippen LogP contribution in [0.2, 0.25) is 0 Å². The summed E-state index contributed by atoms with van der Waals surface area (Å²) in [4.78, 5) is 24.7. The lowest BCUT2D eigenvalue weighted by Crippen LogP contribution is -2.27. The lowest BCUT2D eigenvalue weighted by atomic mass is 10.1. The van der Waals surface area contributed by atoms with Crippen LogP contribution < -0.4 is 20.5 Å². The van der Waals surface area contributed by atoms with Crippen LogP contribution in [0.5, 0.6) is 5.75 Å². The highest BCUT2D eigenvalue weighted by molar-refractivity contribution is 7.89. The fourth-order valence-electron chi connectivity index (χ4n) is 2.90. The lowest BCUT2D eigenvalue weighted by Gasteiger charge is -2.13. The highest BCUT2D eigenvalue weighted by Crippen LogP contribution is 2.28. The SMILES string of the molecule is COc1ccc(S(N)(=O)=O)cc1NC(=O)c1cccc(NC(=O)C2CCCO2)c1. The fourth-order valence-corrected chi connectivity index (χ4v) is 3.44. The van der Waals surface area contributed by atoms with E-state index in [9.17, 15) is 18.0 Å². The van der Waals surface area contributed by atoms with E-state index in [1.165, 1.54) is 31.4 Å². The summed E-state index contributed by atoms with van der Waals surface area (Å²) in [5.41, 5.74) is 0.861. The van der Waals surface area contributed by atoms with Crippen LogP contribution >= 0.6 is 0 Å². The molecule has 1 saturated heterocycles. The molecule has 0 spiro atoms. The second-order valence-electron chi connectivity index (χ2n) is 6.43. The van der Waals surface area contributed by atoms with Gasteiger partial charge in [-0.15, -0.1) is 0 Å². The second-order valence-corrected chi connectivity index (χ2v) is 7.99. The molecule has 0 radical (unpaired) electrons. The molecule has 9 nitrogen and oxygen atoms in total. The summed E-state index contributed by atoms with van der Waals surface area (Å²) in [6.45, 7) is 0.556. The summed E-state index contributed by atoms with van der Waals surface area (Å²) in [7, 11) is -2.55. The number of nitrogens with two attached hydrogens (primary N) is 1. The summed E-state index contributed by atoms with van der Waals surface area (Å²) < 4.78 is 33.6. The third-order valence-corrected chi connectivity index (χ3v) is 5.27. The Balaban J connectivity index is 1.78. The highest BCUT2D eigenvalue weighted by atomic mass is 32.2. The first kappa shape index (κ1) is 20.8. The zero-order valence-corrected chi connectivity index (χ0v) is 16.5. The number of nitrogens with one attached hydrogen (secondary N) is 2. The first-order valence-corrected chi connectivity index (χ1v) is 10.4. The first-order chi connectivity index (χ1) is 13.8. The molecule has 2 aromatic rings. The van der Waals surface area contributed by atoms with E-state index in [0.29, 0.717) is 18.7 Å². The molecule has 1 atom stereocenters. The van der Waals surface area contributed by atoms with Gasteiger partial charge in [0, 0.05) is 17.9 Å². The molecule has 4 N–H and O–H groups in total. The zero-order chi connectivity index (χ0) is 21.0. The lowest BCUT2D eigenvalue weighted by molar-refractivity contribution is -0.124. The van der Waals surface area contributed by atoms with E-state index in [2.05, 4.69) is 10.6 Å². The van der Waals surface area contributed by atoms with Crippen LogP contribution in [-0.4, -0.2) is 40.1 Å². The molecular formula is C19H21N3O6S. The number of primary sulfonamides is 1. The number of amides is 2. The number of anilines is 2. The van der Waals surface area contributed by atoms with Crippen LogP contribution in [0.15, 0.2) is 47.4 Å². The molecule has 10 heteroatoms. The van der Waals surface area contributed by atoms with Crippen molar-refractivity contribution in [1.82, 2.24) is 0 Å². The Morgan fingerprint density at radius 2 is 1.97 bits per heavy atom. The van der Waals surface area contributed by atoms with Gasteiger partial charge >= 0.3 is 0 Å². The summed E-state index contributed by atoms with van der Waals surface area (Å²) in [6, 6.07) is 10.3. The third kappa shape index (κ3) is 5.11. The van der Waals surface area contributed by atoms with Crippen molar-refractivity contribution in [3.05, 3.63) is 48.0 Å². The van der Waals surface area contributed by atoms with Gasteiger partial charge in [-0.05, 0) is 49.2 Å². The molecule has 1 fully saturated rings. The topological polar surface area (TPSA) is 137 Å². The molecule has 0 aromatic heterocycles. The Morgan fingerprint density at radius 1 is 1.17 bits per heavy atom. The molecule has 29 heavy (non-hydrogen) atoms. The minimum atomic E-state index is -3.95. The summed E-state index contributed by atoms with van der Waals surface area (Å²) >= 11 is 0. The van der Waals surface area contributed by atoms with Gasteiger partial charge in [0.1, 0.15) is 11.9 Å². The molecule has 2 amide bonds. The summed E-state index contributed by atoms with van der Waals surface area (Å²) in [5.74, 6) is -0.501. The average molecular weight is 419 g/mol. The fraction of sp³-hybridized carbons (Fsp3) is 0.263. The van der Waals surface area contributed by atoms with E-state index in [0.717, 1.165) is 6.42 Å². The number of carbonyl (C=O) groups excluding carboxylic acids is 2. The van der Waals surface area contributed by atoms with Gasteiger partial charge in [-0.1, -0.05) is 6.07 Å². The Morgan fingerprint density at radius 3 is 2.62 bits per heavy atom. The maximum absolute atomic E-state index is 12.7. The number of hydrogen-bond donors (Lipinski definition) is 3. The maximum Gasteiger partial charge on any atom is 0.255 e. The molecule has 3 rings (SSSR count). The number of benzene rings is 2. The second kappa shape index (κ2) is 8.60. The van der Waals surface area contributed by atoms with Gasteiger partial charge in [-0.2, -0.15) is 0 Å². The van der Waals surface area contributed by atoms with Crippen LogP contribution in [0, 0.1) is 0 Å². The van der Waals surface area contributed by atoms with Crippen LogP contribution in [0.4, 0.5) is 11.4 Å². The van der Waals surface area contributed by atoms with Crippen molar-refractivity contribution < 1.29 is 27.5 Å². The number of rotatable bonds is 6. The minimum absolute atomic E-state index is 0.151. The smallest absolute Gasteiger partial charge is 0.255 e. The van der Waals surface area contributed by atoms with E-state index in [-0.39, 0.29) is 27.8 Å². The molecule has 1 aliphatic heterocycles. The first-order valence-electron chi connectivity index (χ1n) is 8.82. The van der Waals surface area contributed by atoms with Gasteiger partial charge in [-0.25, -0.2) is 13.6 Å². The summed E-state index contributed by atoms with van der Waals surface area (Å²) in [6.07, 6.45) is 1.00. The molecule has 1 unspecified atom stereocenters. The maximum atomic E-state index is 12.7. The third-order valence-electron chi connectivity index (χ3n) is 4.36. The van der Waals surface area contributed by atoms with Crippen molar-refractivity contribution >= 4 is 33.2 Å². The van der Waals surface area contributed by atoms with Crippen LogP contribution in [0.1, 0.15) is 23.2 Å². The number of carbonyl (C=O) groups is 2. The monoisotopic (exact) mass is 419 g/mol. The van der Waals surface area contributed by atoms with Gasteiger partial charge < -0.3 is 20.1 Å². The van der Waals surface area contributed by atoms with E-state index in [1.807, 2.05) is 0 Å². The van der Waals surface area contributed by atoms with Gasteiger partial charge in [-0.3, -0.25) is 9.59 Å². The number of hydrogen-bond acceptors (Lipinski definition) is 6. The number of sulfonamides is 1. The largest absolute Gasteiger partial charge is 0.495 e. The number of ether oxygens (including phenoxy) is 2. The van der Waals surface area contributed by atoms with Crippen LogP contribution in [-0.2, 0) is 19.6 Å². The van der Waals surface area contributed by atoms with Crippen LogP contribution in [0.25, 0.3) is 0 Å². The molecule has 0 saturated carbocycles. The van der Waals surface area contributed by atoms with Crippen LogP contribution in [0.3, 0.4) is 0 Å². The van der Waals surface area contributed by atoms with Crippen molar-refractivity contribution in [2.45, 2.75) is 23.8 Å². The highest BCUT2D eigenvalue weighted by Gasteiger charge is 2.23. The van der Waals surface area contributed by atoms with Crippen molar-refractivity contribution in [2.24, 2.45) is 5.14 Å². The minimum Gasteiger partial charge on any atom is -0.495 e. The quantitative estimate of drug-likeness (QED) is 0.652. The number of methoxy groups -OCH3 is 1. The zero-order valence-electron chi connectivity index (χ0n) is 15.7. The van der Waals surface area contributed by atoms with Crippen molar-refractivity contribution in [3.8, 4) is 5.75 Å². The Kier molecular flexibility index (Phi) is 6.16. The van der Waals surface area contributed by atoms with E-state index < -0.39 is 22.0 Å². The van der Waals surface area contributed by atoms with Gasteiger partial charge in [0.2, 0.25) is 10.0 Å². The molecule has 1 heterocycles. The normalized spacial score (nSPS) is 16.3. The van der Waals surface area contributed by atoms with Gasteiger partial charge in [0.15, 0.2) is 0 Å². The van der Waals surface area contributed by atoms with E-state index in [4.69, 9.17) is 14.6 Å². The molecule has 0 aliphatic carbocycles. The van der Waals surface area contributed by atoms with Gasteiger partial charge in [0.05, 0.1) is 17.7 Å². The standard InChI is InChI=1S/C19H21N3O6S/c1-27-16-8-7-14(29(20,25)26)11-15(16)22-18(23)12-4-2-5-13(10-12)21-19(24)17-6-3-9-28-17/h2,4-5,7-8,10-11,17H,3,6,9H2,1H3,(H,21,24)(H,22,23)(H2,20,25,26). The Bertz CT molecular complexity index is 1030. The molecule has 2 aromatic carbocycles. The predicted molar refractivity (Wildman–Crippen MR) is 106 cm³/mol. The van der Waals surface area contributed by atoms with Gasteiger partial charge in [0.25, 0.3) is 11.8 Å². The molecule has 1 aliphatic rings. The molecular weight excluding hydrogens is 398 g/mol. The van der Waals surface area contributed by atoms with Crippen molar-refractivity contribution in [1.29, 1.82) is 0 Å². The Hall–Kier alpha value is -2.95. The van der Waals surface area contributed by atoms with E-state index >= 15 is 0 Å². The van der Waals surface area contributed by atoms with Crippen molar-refractivity contribution in [2.75, 3.05) is 24.4 Å². The Labute approximate surface area is 168 Å².